The second kappa shape index (κ2) is 9.77. The average molecular weight is 389 g/mol. The molecule has 0 fully saturated rings. The largest absolute Gasteiger partial charge is 0.384 e. The predicted octanol–water partition coefficient (Wildman–Crippen LogP) is 2.25. The number of halogens is 1. The van der Waals surface area contributed by atoms with Crippen LogP contribution in [0.4, 0.5) is 0 Å². The van der Waals surface area contributed by atoms with Crippen LogP contribution in [0.5, 0.6) is 0 Å². The third-order valence-corrected chi connectivity index (χ3v) is 2.70. The molecule has 5 heteroatoms. The van der Waals surface area contributed by atoms with Crippen LogP contribution in [0.1, 0.15) is 19.4 Å². The SMILES string of the molecule is C=CCNC(=NCC(C)(O)c1ccccc1)NCC.I. The molecule has 1 atom stereocenters. The summed E-state index contributed by atoms with van der Waals surface area (Å²) < 4.78 is 0. The van der Waals surface area contributed by atoms with E-state index in [0.29, 0.717) is 19.0 Å². The highest BCUT2D eigenvalue weighted by atomic mass is 127. The second-order valence-corrected chi connectivity index (χ2v) is 4.50. The van der Waals surface area contributed by atoms with Crippen LogP contribution in [-0.2, 0) is 5.60 Å². The molecule has 3 N–H and O–H groups in total. The molecule has 0 aliphatic heterocycles. The number of guanidine groups is 1. The maximum atomic E-state index is 10.4. The minimum atomic E-state index is -0.974. The van der Waals surface area contributed by atoms with Gasteiger partial charge >= 0.3 is 0 Å². The Hall–Kier alpha value is -1.08. The third kappa shape index (κ3) is 6.38. The van der Waals surface area contributed by atoms with Crippen molar-refractivity contribution in [1.29, 1.82) is 0 Å². The van der Waals surface area contributed by atoms with Crippen LogP contribution in [0, 0.1) is 0 Å². The summed E-state index contributed by atoms with van der Waals surface area (Å²) in [6.45, 7) is 9.13. The molecule has 0 bridgehead atoms. The molecule has 0 aliphatic rings. The first kappa shape index (κ1) is 18.9. The number of nitrogens with zero attached hydrogens (tertiary/aromatic N) is 1. The number of hydrogen-bond donors (Lipinski definition) is 3. The van der Waals surface area contributed by atoms with Gasteiger partial charge in [0.15, 0.2) is 5.96 Å². The molecule has 0 saturated carbocycles. The Morgan fingerprint density at radius 1 is 1.35 bits per heavy atom. The molecule has 0 radical (unpaired) electrons. The Morgan fingerprint density at radius 3 is 2.55 bits per heavy atom. The van der Waals surface area contributed by atoms with Gasteiger partial charge in [-0.05, 0) is 19.4 Å². The molecular weight excluding hydrogens is 365 g/mol. The van der Waals surface area contributed by atoms with Crippen LogP contribution >= 0.6 is 24.0 Å². The topological polar surface area (TPSA) is 56.7 Å². The fraction of sp³-hybridized carbons (Fsp3) is 0.400. The van der Waals surface area contributed by atoms with E-state index >= 15 is 0 Å². The molecule has 0 heterocycles. The van der Waals surface area contributed by atoms with E-state index in [0.717, 1.165) is 12.1 Å². The van der Waals surface area contributed by atoms with Gasteiger partial charge in [-0.1, -0.05) is 36.4 Å². The molecule has 0 amide bonds. The van der Waals surface area contributed by atoms with Gasteiger partial charge in [0.25, 0.3) is 0 Å². The van der Waals surface area contributed by atoms with Crippen LogP contribution in [-0.4, -0.2) is 30.7 Å². The van der Waals surface area contributed by atoms with Crippen LogP contribution in [0.2, 0.25) is 0 Å². The number of hydrogen-bond acceptors (Lipinski definition) is 2. The lowest BCUT2D eigenvalue weighted by Crippen LogP contribution is -2.38. The Balaban J connectivity index is 0.00000361. The molecule has 1 aromatic rings. The van der Waals surface area contributed by atoms with E-state index in [4.69, 9.17) is 0 Å². The maximum absolute atomic E-state index is 10.4. The van der Waals surface area contributed by atoms with Crippen LogP contribution < -0.4 is 10.6 Å². The zero-order valence-corrected chi connectivity index (χ0v) is 14.4. The fourth-order valence-corrected chi connectivity index (χ4v) is 1.63. The van der Waals surface area contributed by atoms with E-state index in [-0.39, 0.29) is 24.0 Å². The van der Waals surface area contributed by atoms with Gasteiger partial charge in [-0.2, -0.15) is 0 Å². The summed E-state index contributed by atoms with van der Waals surface area (Å²) in [5.41, 5.74) is -0.115. The Morgan fingerprint density at radius 2 is 2.00 bits per heavy atom. The van der Waals surface area contributed by atoms with Gasteiger partial charge in [0.05, 0.1) is 6.54 Å². The van der Waals surface area contributed by atoms with Gasteiger partial charge in [-0.3, -0.25) is 0 Å². The van der Waals surface area contributed by atoms with Crippen LogP contribution in [0.25, 0.3) is 0 Å². The van der Waals surface area contributed by atoms with Crippen molar-refractivity contribution in [3.8, 4) is 0 Å². The smallest absolute Gasteiger partial charge is 0.191 e. The van der Waals surface area contributed by atoms with E-state index in [1.165, 1.54) is 0 Å². The first-order valence-corrected chi connectivity index (χ1v) is 6.51. The first-order valence-electron chi connectivity index (χ1n) is 6.51. The summed E-state index contributed by atoms with van der Waals surface area (Å²) in [4.78, 5) is 4.40. The van der Waals surface area contributed by atoms with Gasteiger partial charge in [0.1, 0.15) is 5.60 Å². The zero-order chi connectivity index (χ0) is 14.1. The molecule has 1 unspecified atom stereocenters. The summed E-state index contributed by atoms with van der Waals surface area (Å²) in [5.74, 6) is 0.679. The summed E-state index contributed by atoms with van der Waals surface area (Å²) in [6.07, 6.45) is 1.77. The van der Waals surface area contributed by atoms with E-state index < -0.39 is 5.60 Å². The van der Waals surface area contributed by atoms with E-state index in [9.17, 15) is 5.11 Å². The Labute approximate surface area is 138 Å². The van der Waals surface area contributed by atoms with Crippen LogP contribution in [0.15, 0.2) is 48.0 Å². The molecule has 0 aliphatic carbocycles. The molecule has 112 valence electrons. The van der Waals surface area contributed by atoms with Gasteiger partial charge in [-0.25, -0.2) is 4.99 Å². The van der Waals surface area contributed by atoms with Crippen molar-refractivity contribution in [2.75, 3.05) is 19.6 Å². The monoisotopic (exact) mass is 389 g/mol. The molecule has 0 spiro atoms. The fourth-order valence-electron chi connectivity index (χ4n) is 1.63. The van der Waals surface area contributed by atoms with Crippen molar-refractivity contribution in [1.82, 2.24) is 10.6 Å². The number of benzene rings is 1. The second-order valence-electron chi connectivity index (χ2n) is 4.50. The number of rotatable bonds is 6. The highest BCUT2D eigenvalue weighted by Crippen LogP contribution is 2.20. The molecule has 0 aromatic heterocycles. The summed E-state index contributed by atoms with van der Waals surface area (Å²) in [6, 6.07) is 9.56. The average Bonchev–Trinajstić information content (AvgIpc) is 2.43. The Bertz CT molecular complexity index is 418. The van der Waals surface area contributed by atoms with Gasteiger partial charge in [-0.15, -0.1) is 30.6 Å². The van der Waals surface area contributed by atoms with E-state index in [2.05, 4.69) is 22.2 Å². The Kier molecular flexibility index (Phi) is 9.24. The molecule has 20 heavy (non-hydrogen) atoms. The lowest BCUT2D eigenvalue weighted by molar-refractivity contribution is 0.0672. The van der Waals surface area contributed by atoms with Crippen molar-refractivity contribution in [2.24, 2.45) is 4.99 Å². The van der Waals surface area contributed by atoms with Crippen molar-refractivity contribution < 1.29 is 5.11 Å². The normalized spacial score (nSPS) is 13.8. The summed E-state index contributed by atoms with van der Waals surface area (Å²) >= 11 is 0. The van der Waals surface area contributed by atoms with Crippen LogP contribution in [0.3, 0.4) is 0 Å². The molecule has 1 aromatic carbocycles. The summed E-state index contributed by atoms with van der Waals surface area (Å²) in [5, 5.41) is 16.7. The maximum Gasteiger partial charge on any atom is 0.191 e. The van der Waals surface area contributed by atoms with Crippen molar-refractivity contribution in [3.05, 3.63) is 48.6 Å². The number of aliphatic hydroxyl groups is 1. The van der Waals surface area contributed by atoms with Gasteiger partial charge < -0.3 is 15.7 Å². The molecular formula is C15H24IN3O. The number of aliphatic imine (C=N–C) groups is 1. The summed E-state index contributed by atoms with van der Waals surface area (Å²) in [7, 11) is 0. The molecule has 0 saturated heterocycles. The van der Waals surface area contributed by atoms with E-state index in [1.54, 1.807) is 13.0 Å². The third-order valence-electron chi connectivity index (χ3n) is 2.70. The van der Waals surface area contributed by atoms with Gasteiger partial charge in [0, 0.05) is 13.1 Å². The van der Waals surface area contributed by atoms with Gasteiger partial charge in [0.2, 0.25) is 0 Å². The first-order chi connectivity index (χ1) is 9.10. The highest BCUT2D eigenvalue weighted by Gasteiger charge is 2.22. The predicted molar refractivity (Wildman–Crippen MR) is 95.6 cm³/mol. The minimum Gasteiger partial charge on any atom is -0.384 e. The number of nitrogens with one attached hydrogen (secondary N) is 2. The quantitative estimate of drug-likeness (QED) is 0.303. The molecule has 4 nitrogen and oxygen atoms in total. The van der Waals surface area contributed by atoms with Crippen molar-refractivity contribution in [2.45, 2.75) is 19.4 Å². The minimum absolute atomic E-state index is 0. The highest BCUT2D eigenvalue weighted by molar-refractivity contribution is 14.0. The lowest BCUT2D eigenvalue weighted by atomic mass is 9.96. The lowest BCUT2D eigenvalue weighted by Gasteiger charge is -2.22. The standard InChI is InChI=1S/C15H23N3O.HI/c1-4-11-17-14(16-5-2)18-12-15(3,19)13-9-7-6-8-10-13;/h4,6-10,19H,1,5,11-12H2,2-3H3,(H2,16,17,18);1H. The van der Waals surface area contributed by atoms with Crippen molar-refractivity contribution in [3.63, 3.8) is 0 Å². The molecule has 1 rings (SSSR count). The zero-order valence-electron chi connectivity index (χ0n) is 12.1. The van der Waals surface area contributed by atoms with E-state index in [1.807, 2.05) is 37.3 Å². The van der Waals surface area contributed by atoms with Crippen molar-refractivity contribution >= 4 is 29.9 Å².